The van der Waals surface area contributed by atoms with Crippen LogP contribution in [0.3, 0.4) is 0 Å². The van der Waals surface area contributed by atoms with Gasteiger partial charge in [-0.1, -0.05) is 6.07 Å². The van der Waals surface area contributed by atoms with Gasteiger partial charge in [0.1, 0.15) is 11.4 Å². The number of H-pyrrole nitrogens is 1. The number of nitrogens with zero attached hydrogens (tertiary/aromatic N) is 3. The molecule has 12 nitrogen and oxygen atoms in total. The number of carbonyl (C=O) groups excluding carboxylic acids is 2. The number of rotatable bonds is 7. The summed E-state index contributed by atoms with van der Waals surface area (Å²) in [4.78, 5) is 32.7. The van der Waals surface area contributed by atoms with Crippen LogP contribution in [0, 0.1) is 0 Å². The molecule has 1 aliphatic heterocycles. The highest BCUT2D eigenvalue weighted by molar-refractivity contribution is 7.90. The number of aromatic nitrogens is 3. The molecule has 2 N–H and O–H groups in total. The molecule has 2 amide bonds. The number of carbonyl (C=O) groups is 2. The van der Waals surface area contributed by atoms with E-state index in [9.17, 15) is 18.0 Å². The molecule has 0 bridgehead atoms. The van der Waals surface area contributed by atoms with Gasteiger partial charge in [-0.2, -0.15) is 5.10 Å². The first kappa shape index (κ1) is 29.4. The summed E-state index contributed by atoms with van der Waals surface area (Å²) >= 11 is 0. The molecule has 6 rings (SSSR count). The van der Waals surface area contributed by atoms with Gasteiger partial charge in [-0.25, -0.2) is 23.1 Å². The number of imide groups is 1. The van der Waals surface area contributed by atoms with Gasteiger partial charge in [0, 0.05) is 29.8 Å². The summed E-state index contributed by atoms with van der Waals surface area (Å²) in [6.07, 6.45) is 2.19. The van der Waals surface area contributed by atoms with Crippen molar-refractivity contribution in [3.8, 4) is 11.5 Å². The van der Waals surface area contributed by atoms with Crippen LogP contribution in [0.15, 0.2) is 53.6 Å². The van der Waals surface area contributed by atoms with Crippen molar-refractivity contribution < 1.29 is 32.2 Å². The SMILES string of the molecule is CCOc1cc(S(C)(=O)=O)cnc1Nc1n[nH]c2cc([C@@H]3C[C@@]34C(=O)N(C(=O)OC(C)(C)C)c3ccc(OC)cc34)ccc12. The summed E-state index contributed by atoms with van der Waals surface area (Å²) in [6.45, 7) is 7.39. The minimum atomic E-state index is -3.47. The molecule has 1 saturated carbocycles. The highest BCUT2D eigenvalue weighted by atomic mass is 32.2. The number of fused-ring (bicyclic) bond motifs is 3. The van der Waals surface area contributed by atoms with E-state index in [-0.39, 0.29) is 22.5 Å². The van der Waals surface area contributed by atoms with Crippen molar-refractivity contribution in [2.75, 3.05) is 30.2 Å². The van der Waals surface area contributed by atoms with Gasteiger partial charge in [0.15, 0.2) is 27.2 Å². The van der Waals surface area contributed by atoms with Crippen molar-refractivity contribution in [1.29, 1.82) is 0 Å². The van der Waals surface area contributed by atoms with Crippen LogP contribution in [0.2, 0.25) is 0 Å². The number of anilines is 3. The lowest BCUT2D eigenvalue weighted by atomic mass is 9.91. The average Bonchev–Trinajstić information content (AvgIpc) is 3.52. The first-order chi connectivity index (χ1) is 20.8. The minimum absolute atomic E-state index is 0.0484. The average molecular weight is 620 g/mol. The zero-order valence-corrected chi connectivity index (χ0v) is 26.0. The molecule has 2 aliphatic rings. The van der Waals surface area contributed by atoms with Crippen LogP contribution in [-0.2, 0) is 24.8 Å². The molecule has 3 heterocycles. The quantitative estimate of drug-likeness (QED) is 0.282. The standard InChI is InChI=1S/C31H33N5O7S/c1-7-42-25-14-19(44(6,39)40)16-32-27(25)33-26-20-10-8-17(12-23(20)34-35-26)22-15-31(22)21-13-18(41-5)9-11-24(21)36(28(31)37)29(38)43-30(2,3)4/h8-14,16,22H,7,15H2,1-6H3,(H2,32,33,34,35)/t22-,31-/m0/s1. The van der Waals surface area contributed by atoms with Crippen molar-refractivity contribution in [3.05, 3.63) is 59.8 Å². The third-order valence-electron chi connectivity index (χ3n) is 7.83. The number of nitrogens with one attached hydrogen (secondary N) is 2. The predicted molar refractivity (Wildman–Crippen MR) is 164 cm³/mol. The fraction of sp³-hybridized carbons (Fsp3) is 0.355. The summed E-state index contributed by atoms with van der Waals surface area (Å²) in [6, 6.07) is 12.5. The van der Waals surface area contributed by atoms with Crippen LogP contribution in [0.4, 0.5) is 22.1 Å². The van der Waals surface area contributed by atoms with E-state index in [1.165, 1.54) is 12.3 Å². The Morgan fingerprint density at radius 3 is 2.61 bits per heavy atom. The third-order valence-corrected chi connectivity index (χ3v) is 8.91. The molecule has 44 heavy (non-hydrogen) atoms. The number of ether oxygens (including phenoxy) is 3. The largest absolute Gasteiger partial charge is 0.497 e. The summed E-state index contributed by atoms with van der Waals surface area (Å²) in [7, 11) is -1.91. The number of sulfone groups is 1. The van der Waals surface area contributed by atoms with Gasteiger partial charge in [0.05, 0.1) is 35.2 Å². The Balaban J connectivity index is 1.32. The number of benzene rings is 2. The molecule has 0 unspecified atom stereocenters. The normalized spacial score (nSPS) is 19.3. The van der Waals surface area contributed by atoms with Crippen molar-refractivity contribution in [3.63, 3.8) is 0 Å². The van der Waals surface area contributed by atoms with E-state index in [4.69, 9.17) is 14.2 Å². The Morgan fingerprint density at radius 2 is 1.93 bits per heavy atom. The van der Waals surface area contributed by atoms with E-state index >= 15 is 0 Å². The summed E-state index contributed by atoms with van der Waals surface area (Å²) in [5.74, 6) is 1.16. The first-order valence-electron chi connectivity index (χ1n) is 14.1. The third kappa shape index (κ3) is 4.90. The molecule has 1 aliphatic carbocycles. The molecule has 2 aromatic heterocycles. The fourth-order valence-electron chi connectivity index (χ4n) is 5.76. The van der Waals surface area contributed by atoms with Crippen LogP contribution in [0.5, 0.6) is 11.5 Å². The van der Waals surface area contributed by atoms with Gasteiger partial charge < -0.3 is 19.5 Å². The zero-order chi connectivity index (χ0) is 31.6. The molecule has 1 fully saturated rings. The molecular weight excluding hydrogens is 586 g/mol. The molecule has 4 aromatic rings. The number of pyridine rings is 1. The van der Waals surface area contributed by atoms with E-state index in [2.05, 4.69) is 20.5 Å². The van der Waals surface area contributed by atoms with E-state index in [1.807, 2.05) is 24.3 Å². The molecule has 0 radical (unpaired) electrons. The maximum Gasteiger partial charge on any atom is 0.421 e. The van der Waals surface area contributed by atoms with Crippen LogP contribution < -0.4 is 19.7 Å². The van der Waals surface area contributed by atoms with Crippen molar-refractivity contribution >= 4 is 50.1 Å². The maximum atomic E-state index is 14.0. The highest BCUT2D eigenvalue weighted by Crippen LogP contribution is 2.67. The predicted octanol–water partition coefficient (Wildman–Crippen LogP) is 5.22. The Hall–Kier alpha value is -4.65. The second-order valence-corrected chi connectivity index (χ2v) is 14.0. The van der Waals surface area contributed by atoms with Crippen LogP contribution in [-0.4, -0.2) is 61.2 Å². The number of methoxy groups -OCH3 is 1. The number of hydrogen-bond donors (Lipinski definition) is 2. The number of amides is 2. The fourth-order valence-corrected chi connectivity index (χ4v) is 6.32. The second-order valence-electron chi connectivity index (χ2n) is 12.0. The van der Waals surface area contributed by atoms with Gasteiger partial charge in [0.25, 0.3) is 0 Å². The number of aromatic amines is 1. The monoisotopic (exact) mass is 619 g/mol. The minimum Gasteiger partial charge on any atom is -0.497 e. The molecule has 230 valence electrons. The summed E-state index contributed by atoms with van der Waals surface area (Å²) in [5, 5.41) is 11.3. The Bertz CT molecular complexity index is 1930. The topological polar surface area (TPSA) is 153 Å². The molecule has 2 aromatic carbocycles. The summed E-state index contributed by atoms with van der Waals surface area (Å²) < 4.78 is 40.7. The van der Waals surface area contributed by atoms with Gasteiger partial charge in [-0.15, -0.1) is 0 Å². The highest BCUT2D eigenvalue weighted by Gasteiger charge is 2.68. The molecule has 0 saturated heterocycles. The van der Waals surface area contributed by atoms with E-state index in [0.29, 0.717) is 36.1 Å². The smallest absolute Gasteiger partial charge is 0.421 e. The summed E-state index contributed by atoms with van der Waals surface area (Å²) in [5.41, 5.74) is 1.17. The van der Waals surface area contributed by atoms with Crippen molar-refractivity contribution in [1.82, 2.24) is 15.2 Å². The van der Waals surface area contributed by atoms with Crippen molar-refractivity contribution in [2.45, 2.75) is 55.9 Å². The zero-order valence-electron chi connectivity index (χ0n) is 25.2. The Kier molecular flexibility index (Phi) is 6.83. The van der Waals surface area contributed by atoms with Gasteiger partial charge in [-0.05, 0) is 75.6 Å². The molecule has 2 atom stereocenters. The Labute approximate surface area is 254 Å². The van der Waals surface area contributed by atoms with E-state index < -0.39 is 26.9 Å². The van der Waals surface area contributed by atoms with Crippen LogP contribution in [0.1, 0.15) is 51.2 Å². The molecule has 1 spiro atoms. The van der Waals surface area contributed by atoms with Crippen molar-refractivity contribution in [2.24, 2.45) is 0 Å². The number of hydrogen-bond acceptors (Lipinski definition) is 10. The molecular formula is C31H33N5O7S. The maximum absolute atomic E-state index is 14.0. The van der Waals surface area contributed by atoms with Gasteiger partial charge >= 0.3 is 6.09 Å². The van der Waals surface area contributed by atoms with Gasteiger partial charge in [0.2, 0.25) is 5.91 Å². The van der Waals surface area contributed by atoms with E-state index in [0.717, 1.165) is 33.2 Å². The molecule has 13 heteroatoms. The second kappa shape index (κ2) is 10.2. The first-order valence-corrected chi connectivity index (χ1v) is 16.0. The Morgan fingerprint density at radius 1 is 1.16 bits per heavy atom. The lowest BCUT2D eigenvalue weighted by Crippen LogP contribution is -2.41. The lowest BCUT2D eigenvalue weighted by molar-refractivity contribution is -0.120. The van der Waals surface area contributed by atoms with Crippen LogP contribution >= 0.6 is 0 Å². The van der Waals surface area contributed by atoms with Crippen LogP contribution in [0.25, 0.3) is 10.9 Å². The van der Waals surface area contributed by atoms with E-state index in [1.54, 1.807) is 46.9 Å². The lowest BCUT2D eigenvalue weighted by Gasteiger charge is -2.24. The van der Waals surface area contributed by atoms with Gasteiger partial charge in [-0.3, -0.25) is 9.89 Å².